The number of carbonyl (C=O) groups is 2. The van der Waals surface area contributed by atoms with Gasteiger partial charge < -0.3 is 4.90 Å². The van der Waals surface area contributed by atoms with Crippen LogP contribution in [0.2, 0.25) is 0 Å². The lowest BCUT2D eigenvalue weighted by Crippen LogP contribution is -2.35. The van der Waals surface area contributed by atoms with Crippen LogP contribution in [0.3, 0.4) is 0 Å². The maximum Gasteiger partial charge on any atom is 0.282 e. The molecule has 1 aliphatic heterocycles. The number of hydrazine groups is 1. The molecule has 5 heteroatoms. The van der Waals surface area contributed by atoms with E-state index in [2.05, 4.69) is 5.43 Å². The number of amides is 2. The largest absolute Gasteiger partial charge is 0.378 e. The molecule has 1 aliphatic rings. The second kappa shape index (κ2) is 6.43. The van der Waals surface area contributed by atoms with Crippen molar-refractivity contribution in [3.63, 3.8) is 0 Å². The highest BCUT2D eigenvalue weighted by molar-refractivity contribution is 6.31. The van der Waals surface area contributed by atoms with E-state index in [1.54, 1.807) is 6.08 Å². The Morgan fingerprint density at radius 2 is 1.64 bits per heavy atom. The molecule has 0 aliphatic carbocycles. The fraction of sp³-hybridized carbons (Fsp3) is 0.200. The molecule has 0 atom stereocenters. The SMILES string of the molecule is Cc1ccc(N2NC(=O)/C(=C\c3ccc(N(C)C)cc3)C2=O)cc1C. The number of rotatable bonds is 3. The Bertz CT molecular complexity index is 867. The summed E-state index contributed by atoms with van der Waals surface area (Å²) in [4.78, 5) is 26.9. The molecule has 0 saturated carbocycles. The summed E-state index contributed by atoms with van der Waals surface area (Å²) < 4.78 is 0. The van der Waals surface area contributed by atoms with Gasteiger partial charge in [-0.1, -0.05) is 18.2 Å². The van der Waals surface area contributed by atoms with E-state index in [4.69, 9.17) is 0 Å². The van der Waals surface area contributed by atoms with Gasteiger partial charge in [-0.05, 0) is 60.9 Å². The molecule has 1 fully saturated rings. The Balaban J connectivity index is 1.89. The molecule has 0 aromatic heterocycles. The molecule has 128 valence electrons. The number of nitrogens with one attached hydrogen (secondary N) is 1. The van der Waals surface area contributed by atoms with Crippen LogP contribution in [0.5, 0.6) is 0 Å². The lowest BCUT2D eigenvalue weighted by Gasteiger charge is -2.16. The predicted octanol–water partition coefficient (Wildman–Crippen LogP) is 2.83. The summed E-state index contributed by atoms with van der Waals surface area (Å²) in [6, 6.07) is 13.3. The van der Waals surface area contributed by atoms with Gasteiger partial charge >= 0.3 is 0 Å². The minimum Gasteiger partial charge on any atom is -0.378 e. The fourth-order valence-electron chi connectivity index (χ4n) is 2.64. The van der Waals surface area contributed by atoms with Crippen LogP contribution in [0, 0.1) is 13.8 Å². The van der Waals surface area contributed by atoms with Gasteiger partial charge in [0.25, 0.3) is 11.8 Å². The number of nitrogens with zero attached hydrogens (tertiary/aromatic N) is 2. The van der Waals surface area contributed by atoms with Crippen molar-refractivity contribution in [1.82, 2.24) is 5.43 Å². The highest BCUT2D eigenvalue weighted by atomic mass is 16.2. The molecule has 1 N–H and O–H groups in total. The van der Waals surface area contributed by atoms with E-state index in [0.29, 0.717) is 5.69 Å². The van der Waals surface area contributed by atoms with Crippen molar-refractivity contribution in [2.75, 3.05) is 24.0 Å². The van der Waals surface area contributed by atoms with E-state index in [-0.39, 0.29) is 17.4 Å². The van der Waals surface area contributed by atoms with Crippen LogP contribution in [0.25, 0.3) is 6.08 Å². The second-order valence-electron chi connectivity index (χ2n) is 6.39. The predicted molar refractivity (Wildman–Crippen MR) is 100 cm³/mol. The Labute approximate surface area is 147 Å². The van der Waals surface area contributed by atoms with Gasteiger partial charge in [-0.3, -0.25) is 15.0 Å². The van der Waals surface area contributed by atoms with E-state index in [1.165, 1.54) is 5.01 Å². The van der Waals surface area contributed by atoms with Crippen molar-refractivity contribution in [3.8, 4) is 0 Å². The highest BCUT2D eigenvalue weighted by Crippen LogP contribution is 2.24. The minimum atomic E-state index is -0.389. The van der Waals surface area contributed by atoms with Crippen molar-refractivity contribution < 1.29 is 9.59 Å². The van der Waals surface area contributed by atoms with Gasteiger partial charge in [-0.25, -0.2) is 5.01 Å². The quantitative estimate of drug-likeness (QED) is 0.693. The first-order valence-electron chi connectivity index (χ1n) is 8.08. The Hall–Kier alpha value is -3.08. The zero-order chi connectivity index (χ0) is 18.1. The van der Waals surface area contributed by atoms with Gasteiger partial charge in [0.15, 0.2) is 0 Å². The summed E-state index contributed by atoms with van der Waals surface area (Å²) in [6.45, 7) is 3.98. The average Bonchev–Trinajstić information content (AvgIpc) is 2.86. The van der Waals surface area contributed by atoms with Gasteiger partial charge in [0.2, 0.25) is 0 Å². The van der Waals surface area contributed by atoms with Crippen LogP contribution in [0.1, 0.15) is 16.7 Å². The van der Waals surface area contributed by atoms with E-state index < -0.39 is 0 Å². The first-order chi connectivity index (χ1) is 11.9. The molecule has 1 saturated heterocycles. The number of anilines is 2. The van der Waals surface area contributed by atoms with Crippen molar-refractivity contribution in [3.05, 3.63) is 64.7 Å². The molecular weight excluding hydrogens is 314 g/mol. The molecule has 25 heavy (non-hydrogen) atoms. The van der Waals surface area contributed by atoms with Gasteiger partial charge in [-0.15, -0.1) is 0 Å². The molecule has 2 amide bonds. The Morgan fingerprint density at radius 3 is 2.24 bits per heavy atom. The van der Waals surface area contributed by atoms with E-state index in [0.717, 1.165) is 22.4 Å². The zero-order valence-corrected chi connectivity index (χ0v) is 14.8. The van der Waals surface area contributed by atoms with Crippen LogP contribution in [0.15, 0.2) is 48.0 Å². The third kappa shape index (κ3) is 3.26. The first-order valence-corrected chi connectivity index (χ1v) is 8.08. The number of benzene rings is 2. The summed E-state index contributed by atoms with van der Waals surface area (Å²) in [5, 5.41) is 1.30. The van der Waals surface area contributed by atoms with Gasteiger partial charge in [0.05, 0.1) is 5.69 Å². The standard InChI is InChI=1S/C20H21N3O2/c1-13-5-8-17(11-14(13)2)23-20(25)18(19(24)21-23)12-15-6-9-16(10-7-15)22(3)4/h5-12H,1-4H3,(H,21,24)/b18-12+. The van der Waals surface area contributed by atoms with Gasteiger partial charge in [0, 0.05) is 19.8 Å². The first kappa shape index (κ1) is 16.8. The molecular formula is C20H21N3O2. The molecule has 0 bridgehead atoms. The van der Waals surface area contributed by atoms with Gasteiger partial charge in [-0.2, -0.15) is 0 Å². The van der Waals surface area contributed by atoms with Crippen molar-refractivity contribution in [2.45, 2.75) is 13.8 Å². The molecule has 1 heterocycles. The van der Waals surface area contributed by atoms with Crippen LogP contribution >= 0.6 is 0 Å². The summed E-state index contributed by atoms with van der Waals surface area (Å²) >= 11 is 0. The molecule has 3 rings (SSSR count). The van der Waals surface area contributed by atoms with Crippen LogP contribution in [0.4, 0.5) is 11.4 Å². The summed E-state index contributed by atoms with van der Waals surface area (Å²) in [5.74, 6) is -0.732. The normalized spacial score (nSPS) is 15.7. The molecule has 0 radical (unpaired) electrons. The van der Waals surface area contributed by atoms with E-state index >= 15 is 0 Å². The number of aryl methyl sites for hydroxylation is 2. The number of carbonyl (C=O) groups excluding carboxylic acids is 2. The topological polar surface area (TPSA) is 52.7 Å². The van der Waals surface area contributed by atoms with Crippen LogP contribution < -0.4 is 15.3 Å². The Morgan fingerprint density at radius 1 is 0.960 bits per heavy atom. The maximum absolute atomic E-state index is 12.7. The van der Waals surface area contributed by atoms with Crippen LogP contribution in [-0.2, 0) is 9.59 Å². The van der Waals surface area contributed by atoms with E-state index in [9.17, 15) is 9.59 Å². The molecule has 5 nitrogen and oxygen atoms in total. The van der Waals surface area contributed by atoms with Gasteiger partial charge in [0.1, 0.15) is 5.57 Å². The fourth-order valence-corrected chi connectivity index (χ4v) is 2.64. The third-order valence-electron chi connectivity index (χ3n) is 4.36. The third-order valence-corrected chi connectivity index (χ3v) is 4.36. The number of hydrogen-bond donors (Lipinski definition) is 1. The molecule has 0 unspecified atom stereocenters. The maximum atomic E-state index is 12.7. The zero-order valence-electron chi connectivity index (χ0n) is 14.8. The lowest BCUT2D eigenvalue weighted by molar-refractivity contribution is -0.117. The number of hydrogen-bond acceptors (Lipinski definition) is 3. The Kier molecular flexibility index (Phi) is 4.31. The molecule has 2 aromatic rings. The minimum absolute atomic E-state index is 0.135. The smallest absolute Gasteiger partial charge is 0.282 e. The summed E-state index contributed by atoms with van der Waals surface area (Å²) in [6.07, 6.45) is 1.62. The second-order valence-corrected chi connectivity index (χ2v) is 6.39. The molecule has 2 aromatic carbocycles. The van der Waals surface area contributed by atoms with Crippen LogP contribution in [-0.4, -0.2) is 25.9 Å². The summed E-state index contributed by atoms with van der Waals surface area (Å²) in [5.41, 5.74) is 7.50. The van der Waals surface area contributed by atoms with Crippen molar-refractivity contribution >= 4 is 29.3 Å². The van der Waals surface area contributed by atoms with Crippen molar-refractivity contribution in [1.29, 1.82) is 0 Å². The average molecular weight is 335 g/mol. The van der Waals surface area contributed by atoms with Crippen molar-refractivity contribution in [2.24, 2.45) is 0 Å². The monoisotopic (exact) mass is 335 g/mol. The molecule has 0 spiro atoms. The summed E-state index contributed by atoms with van der Waals surface area (Å²) in [7, 11) is 3.92. The van der Waals surface area contributed by atoms with E-state index in [1.807, 2.05) is 75.3 Å². The highest BCUT2D eigenvalue weighted by Gasteiger charge is 2.34. The lowest BCUT2D eigenvalue weighted by atomic mass is 10.1.